The van der Waals surface area contributed by atoms with Gasteiger partial charge in [0.1, 0.15) is 0 Å². The van der Waals surface area contributed by atoms with Crippen LogP contribution in [0.4, 0.5) is 5.69 Å². The summed E-state index contributed by atoms with van der Waals surface area (Å²) >= 11 is 8.98. The molecular formula is C21H16ClNO3S2. The summed E-state index contributed by atoms with van der Waals surface area (Å²) in [7, 11) is 0. The summed E-state index contributed by atoms with van der Waals surface area (Å²) in [4.78, 5) is 26.1. The molecule has 0 fully saturated rings. The number of ketones is 1. The maximum Gasteiger partial charge on any atom is 0.269 e. The summed E-state index contributed by atoms with van der Waals surface area (Å²) in [6, 6.07) is 17.2. The summed E-state index contributed by atoms with van der Waals surface area (Å²) in [5.41, 5.74) is 1.44. The second-order valence-electron chi connectivity index (χ2n) is 6.01. The number of rotatable bonds is 7. The quantitative estimate of drug-likeness (QED) is 0.180. The van der Waals surface area contributed by atoms with Gasteiger partial charge in [-0.2, -0.15) is 0 Å². The molecule has 0 atom stereocenters. The summed E-state index contributed by atoms with van der Waals surface area (Å²) in [5.74, 6) is 0.464. The van der Waals surface area contributed by atoms with Gasteiger partial charge in [-0.05, 0) is 55.0 Å². The predicted molar refractivity (Wildman–Crippen MR) is 117 cm³/mol. The van der Waals surface area contributed by atoms with Crippen LogP contribution in [0, 0.1) is 17.0 Å². The maximum absolute atomic E-state index is 13.0. The number of allylic oxidation sites excluding steroid dienone is 1. The van der Waals surface area contributed by atoms with Crippen molar-refractivity contribution in [1.29, 1.82) is 0 Å². The van der Waals surface area contributed by atoms with E-state index in [1.165, 1.54) is 36.0 Å². The Kier molecular flexibility index (Phi) is 6.67. The molecule has 0 saturated carbocycles. The number of nitro benzene ring substituents is 1. The fourth-order valence-corrected chi connectivity index (χ4v) is 4.45. The zero-order valence-corrected chi connectivity index (χ0v) is 17.3. The van der Waals surface area contributed by atoms with E-state index >= 15 is 0 Å². The first kappa shape index (κ1) is 20.3. The summed E-state index contributed by atoms with van der Waals surface area (Å²) in [6.07, 6.45) is 1.88. The third kappa shape index (κ3) is 5.32. The molecule has 0 amide bonds. The largest absolute Gasteiger partial charge is 0.288 e. The first-order valence-electron chi connectivity index (χ1n) is 8.37. The molecule has 0 bridgehead atoms. The fraction of sp³-hybridized carbons (Fsp3) is 0.0952. The topological polar surface area (TPSA) is 60.2 Å². The number of nitrogens with zero attached hydrogens (tertiary/aromatic N) is 1. The molecule has 142 valence electrons. The van der Waals surface area contributed by atoms with Gasteiger partial charge in [-0.3, -0.25) is 14.9 Å². The molecule has 0 aliphatic heterocycles. The van der Waals surface area contributed by atoms with Crippen molar-refractivity contribution in [2.45, 2.75) is 12.7 Å². The molecule has 0 spiro atoms. The highest BCUT2D eigenvalue weighted by Gasteiger charge is 2.16. The Balaban J connectivity index is 1.86. The number of nitro groups is 1. The molecule has 4 nitrogen and oxygen atoms in total. The molecule has 3 rings (SSSR count). The molecule has 1 heterocycles. The van der Waals surface area contributed by atoms with Crippen LogP contribution in [0.25, 0.3) is 6.08 Å². The Bertz CT molecular complexity index is 1020. The van der Waals surface area contributed by atoms with Gasteiger partial charge in [0.25, 0.3) is 5.69 Å². The standard InChI is InChI=1S/C21H16ClNO3S2/c1-14-2-11-19(28-14)12-20(27-13-15-3-7-17(22)8-4-15)21(24)16-5-9-18(10-6-16)23(25)26/h2-12H,13H2,1H3/b20-12+. The first-order valence-corrected chi connectivity index (χ1v) is 10.5. The van der Waals surface area contributed by atoms with Gasteiger partial charge in [0.15, 0.2) is 5.78 Å². The molecule has 0 radical (unpaired) electrons. The molecule has 0 saturated heterocycles. The smallest absolute Gasteiger partial charge is 0.269 e. The number of halogens is 1. The van der Waals surface area contributed by atoms with E-state index in [2.05, 4.69) is 0 Å². The third-order valence-electron chi connectivity index (χ3n) is 3.91. The van der Waals surface area contributed by atoms with E-state index in [1.54, 1.807) is 11.3 Å². The second kappa shape index (κ2) is 9.19. The summed E-state index contributed by atoms with van der Waals surface area (Å²) in [5, 5.41) is 11.5. The third-order valence-corrected chi connectivity index (χ3v) is 6.20. The van der Waals surface area contributed by atoms with E-state index in [9.17, 15) is 14.9 Å². The number of benzene rings is 2. The van der Waals surface area contributed by atoms with Crippen molar-refractivity contribution in [1.82, 2.24) is 0 Å². The molecule has 0 unspecified atom stereocenters. The van der Waals surface area contributed by atoms with Crippen LogP contribution in [0.2, 0.25) is 5.02 Å². The van der Waals surface area contributed by atoms with Crippen molar-refractivity contribution < 1.29 is 9.72 Å². The zero-order valence-electron chi connectivity index (χ0n) is 14.9. The number of hydrogen-bond acceptors (Lipinski definition) is 5. The van der Waals surface area contributed by atoms with Crippen LogP contribution in [0.1, 0.15) is 25.7 Å². The van der Waals surface area contributed by atoms with E-state index in [4.69, 9.17) is 11.6 Å². The summed E-state index contributed by atoms with van der Waals surface area (Å²) < 4.78 is 0. The van der Waals surface area contributed by atoms with Crippen LogP contribution in [0.3, 0.4) is 0 Å². The minimum atomic E-state index is -0.477. The van der Waals surface area contributed by atoms with E-state index in [0.29, 0.717) is 21.2 Å². The number of aryl methyl sites for hydroxylation is 1. The Morgan fingerprint density at radius 1 is 1.11 bits per heavy atom. The lowest BCUT2D eigenvalue weighted by molar-refractivity contribution is -0.384. The highest BCUT2D eigenvalue weighted by Crippen LogP contribution is 2.30. The number of Topliss-reactive ketones (excluding diaryl/α,β-unsaturated/α-hetero) is 1. The minimum Gasteiger partial charge on any atom is -0.288 e. The predicted octanol–water partition coefficient (Wildman–Crippen LogP) is 6.78. The monoisotopic (exact) mass is 429 g/mol. The van der Waals surface area contributed by atoms with Gasteiger partial charge >= 0.3 is 0 Å². The van der Waals surface area contributed by atoms with Gasteiger partial charge in [-0.25, -0.2) is 0 Å². The Hall–Kier alpha value is -2.41. The minimum absolute atomic E-state index is 0.0372. The molecule has 3 aromatic rings. The van der Waals surface area contributed by atoms with Crippen LogP contribution < -0.4 is 0 Å². The van der Waals surface area contributed by atoms with Gasteiger partial charge in [0.2, 0.25) is 0 Å². The summed E-state index contributed by atoms with van der Waals surface area (Å²) in [6.45, 7) is 2.01. The van der Waals surface area contributed by atoms with Crippen molar-refractivity contribution in [3.05, 3.63) is 102 Å². The van der Waals surface area contributed by atoms with Gasteiger partial charge in [-0.1, -0.05) is 23.7 Å². The van der Waals surface area contributed by atoms with Crippen molar-refractivity contribution in [3.63, 3.8) is 0 Å². The van der Waals surface area contributed by atoms with Gasteiger partial charge < -0.3 is 0 Å². The Labute approximate surface area is 176 Å². The van der Waals surface area contributed by atoms with Crippen LogP contribution in [-0.4, -0.2) is 10.7 Å². The number of hydrogen-bond donors (Lipinski definition) is 0. The van der Waals surface area contributed by atoms with E-state index in [-0.39, 0.29) is 11.5 Å². The van der Waals surface area contributed by atoms with Crippen molar-refractivity contribution in [2.75, 3.05) is 0 Å². The van der Waals surface area contributed by atoms with Crippen LogP contribution in [0.15, 0.2) is 65.6 Å². The molecule has 0 aliphatic rings. The lowest BCUT2D eigenvalue weighted by Crippen LogP contribution is -2.01. The highest BCUT2D eigenvalue weighted by molar-refractivity contribution is 8.03. The van der Waals surface area contributed by atoms with Gasteiger partial charge in [0, 0.05) is 38.2 Å². The zero-order chi connectivity index (χ0) is 20.1. The van der Waals surface area contributed by atoms with Crippen molar-refractivity contribution in [2.24, 2.45) is 0 Å². The van der Waals surface area contributed by atoms with Crippen LogP contribution >= 0.6 is 34.7 Å². The highest BCUT2D eigenvalue weighted by atomic mass is 35.5. The SMILES string of the molecule is Cc1ccc(/C=C(/SCc2ccc(Cl)cc2)C(=O)c2ccc([N+](=O)[O-])cc2)s1. The molecule has 1 aromatic heterocycles. The lowest BCUT2D eigenvalue weighted by Gasteiger charge is -2.07. The van der Waals surface area contributed by atoms with E-state index in [1.807, 2.05) is 49.4 Å². The normalized spacial score (nSPS) is 11.4. The average molecular weight is 430 g/mol. The number of carbonyl (C=O) groups is 1. The number of carbonyl (C=O) groups excluding carboxylic acids is 1. The number of thiophene rings is 1. The number of thioether (sulfide) groups is 1. The van der Waals surface area contributed by atoms with Crippen LogP contribution in [-0.2, 0) is 5.75 Å². The fourth-order valence-electron chi connectivity index (χ4n) is 2.45. The molecule has 0 aliphatic carbocycles. The van der Waals surface area contributed by atoms with E-state index in [0.717, 1.165) is 15.3 Å². The van der Waals surface area contributed by atoms with Crippen molar-refractivity contribution in [3.8, 4) is 0 Å². The Morgan fingerprint density at radius 2 is 1.79 bits per heavy atom. The lowest BCUT2D eigenvalue weighted by atomic mass is 10.1. The Morgan fingerprint density at radius 3 is 2.36 bits per heavy atom. The second-order valence-corrected chi connectivity index (χ2v) is 8.78. The van der Waals surface area contributed by atoms with Crippen LogP contribution in [0.5, 0.6) is 0 Å². The first-order chi connectivity index (χ1) is 13.4. The van der Waals surface area contributed by atoms with Gasteiger partial charge in [0.05, 0.1) is 9.83 Å². The number of non-ortho nitro benzene ring substituents is 1. The molecule has 0 N–H and O–H groups in total. The van der Waals surface area contributed by atoms with Gasteiger partial charge in [-0.15, -0.1) is 23.1 Å². The van der Waals surface area contributed by atoms with Crippen molar-refractivity contribution >= 4 is 52.2 Å². The maximum atomic E-state index is 13.0. The molecule has 2 aromatic carbocycles. The molecular weight excluding hydrogens is 414 g/mol. The van der Waals surface area contributed by atoms with E-state index < -0.39 is 4.92 Å². The average Bonchev–Trinajstić information content (AvgIpc) is 3.10. The molecule has 7 heteroatoms. The molecule has 28 heavy (non-hydrogen) atoms.